The summed E-state index contributed by atoms with van der Waals surface area (Å²) < 4.78 is 6.18. The molecule has 0 N–H and O–H groups in total. The zero-order chi connectivity index (χ0) is 14.7. The molecular weight excluding hydrogens is 256 g/mol. The van der Waals surface area contributed by atoms with E-state index in [9.17, 15) is 0 Å². The van der Waals surface area contributed by atoms with Crippen molar-refractivity contribution in [2.24, 2.45) is 0 Å². The Hall–Kier alpha value is -2.54. The fourth-order valence-corrected chi connectivity index (χ4v) is 2.37. The largest absolute Gasteiger partial charge is 0.456 e. The summed E-state index contributed by atoms with van der Waals surface area (Å²) in [7, 11) is 0. The van der Waals surface area contributed by atoms with E-state index in [1.165, 1.54) is 16.7 Å². The van der Waals surface area contributed by atoms with Gasteiger partial charge in [0.25, 0.3) is 0 Å². The van der Waals surface area contributed by atoms with Gasteiger partial charge in [-0.3, -0.25) is 0 Å². The normalized spacial score (nSPS) is 10.4. The van der Waals surface area contributed by atoms with Crippen LogP contribution in [0.15, 0.2) is 72.8 Å². The summed E-state index contributed by atoms with van der Waals surface area (Å²) in [4.78, 5) is 0. The summed E-state index contributed by atoms with van der Waals surface area (Å²) in [5.41, 5.74) is 4.70. The predicted molar refractivity (Wildman–Crippen MR) is 87.9 cm³/mol. The number of ether oxygens (including phenoxy) is 1. The summed E-state index contributed by atoms with van der Waals surface area (Å²) in [6, 6.07) is 24.6. The molecule has 0 aromatic heterocycles. The maximum atomic E-state index is 6.18. The summed E-state index contributed by atoms with van der Waals surface area (Å²) >= 11 is 0. The molecule has 3 rings (SSSR count). The van der Waals surface area contributed by atoms with E-state index in [2.05, 4.69) is 38.1 Å². The van der Waals surface area contributed by atoms with Crippen LogP contribution >= 0.6 is 0 Å². The average Bonchev–Trinajstić information content (AvgIpc) is 2.53. The maximum Gasteiger partial charge on any atom is 0.135 e. The minimum Gasteiger partial charge on any atom is -0.456 e. The van der Waals surface area contributed by atoms with E-state index in [1.54, 1.807) is 0 Å². The molecule has 1 heteroatoms. The van der Waals surface area contributed by atoms with Crippen LogP contribution in [-0.4, -0.2) is 0 Å². The van der Waals surface area contributed by atoms with Crippen molar-refractivity contribution in [1.29, 1.82) is 0 Å². The van der Waals surface area contributed by atoms with E-state index in [0.717, 1.165) is 17.1 Å². The lowest BCUT2D eigenvalue weighted by Gasteiger charge is -2.14. The van der Waals surface area contributed by atoms with Crippen molar-refractivity contribution in [2.75, 3.05) is 0 Å². The van der Waals surface area contributed by atoms with Crippen LogP contribution in [0.4, 0.5) is 0 Å². The van der Waals surface area contributed by atoms with Crippen molar-refractivity contribution in [1.82, 2.24) is 0 Å². The summed E-state index contributed by atoms with van der Waals surface area (Å²) in [5.74, 6) is 1.80. The van der Waals surface area contributed by atoms with Crippen LogP contribution < -0.4 is 4.74 Å². The van der Waals surface area contributed by atoms with Crippen molar-refractivity contribution in [3.63, 3.8) is 0 Å². The Morgan fingerprint density at radius 1 is 0.619 bits per heavy atom. The monoisotopic (exact) mass is 274 g/mol. The van der Waals surface area contributed by atoms with Crippen LogP contribution in [0.5, 0.6) is 11.5 Å². The van der Waals surface area contributed by atoms with Crippen LogP contribution in [0.25, 0.3) is 11.1 Å². The Balaban J connectivity index is 2.02. The molecule has 0 radical (unpaired) electrons. The number of hydrogen-bond acceptors (Lipinski definition) is 1. The molecule has 3 aromatic carbocycles. The molecule has 0 aliphatic rings. The highest BCUT2D eigenvalue weighted by Crippen LogP contribution is 2.34. The van der Waals surface area contributed by atoms with Gasteiger partial charge < -0.3 is 4.74 Å². The number of benzene rings is 3. The molecule has 21 heavy (non-hydrogen) atoms. The molecule has 0 atom stereocenters. The molecule has 0 bridgehead atoms. The molecule has 0 saturated heterocycles. The lowest BCUT2D eigenvalue weighted by Crippen LogP contribution is -1.92. The van der Waals surface area contributed by atoms with Crippen molar-refractivity contribution in [3.05, 3.63) is 83.9 Å². The number of rotatable bonds is 3. The van der Waals surface area contributed by atoms with E-state index >= 15 is 0 Å². The second-order valence-electron chi connectivity index (χ2n) is 5.16. The lowest BCUT2D eigenvalue weighted by molar-refractivity contribution is 0.480. The van der Waals surface area contributed by atoms with Gasteiger partial charge in [-0.15, -0.1) is 0 Å². The molecule has 0 unspecified atom stereocenters. The Kier molecular flexibility index (Phi) is 3.74. The van der Waals surface area contributed by atoms with Crippen LogP contribution in [0.2, 0.25) is 0 Å². The van der Waals surface area contributed by atoms with Crippen molar-refractivity contribution in [2.45, 2.75) is 13.8 Å². The summed E-state index contributed by atoms with van der Waals surface area (Å²) in [5, 5.41) is 0. The second-order valence-corrected chi connectivity index (χ2v) is 5.16. The second kappa shape index (κ2) is 5.84. The first kappa shape index (κ1) is 13.4. The summed E-state index contributed by atoms with van der Waals surface area (Å²) in [6.45, 7) is 4.20. The number of para-hydroxylation sites is 1. The molecule has 0 aliphatic carbocycles. The van der Waals surface area contributed by atoms with Gasteiger partial charge in [-0.2, -0.15) is 0 Å². The SMILES string of the molecule is Cc1cccc(Oc2ccccc2-c2ccccc2)c1C. The fourth-order valence-electron chi connectivity index (χ4n) is 2.37. The van der Waals surface area contributed by atoms with E-state index in [-0.39, 0.29) is 0 Å². The molecule has 1 nitrogen and oxygen atoms in total. The van der Waals surface area contributed by atoms with Gasteiger partial charge in [-0.05, 0) is 42.7 Å². The molecule has 0 saturated carbocycles. The third-order valence-electron chi connectivity index (χ3n) is 3.75. The smallest absolute Gasteiger partial charge is 0.135 e. The molecule has 0 aliphatic heterocycles. The standard InChI is InChI=1S/C20H18O/c1-15-9-8-14-19(16(15)2)21-20-13-7-6-12-18(20)17-10-4-3-5-11-17/h3-14H,1-2H3. The quantitative estimate of drug-likeness (QED) is 0.589. The Labute approximate surface area is 125 Å². The number of hydrogen-bond donors (Lipinski definition) is 0. The lowest BCUT2D eigenvalue weighted by atomic mass is 10.0. The van der Waals surface area contributed by atoms with Gasteiger partial charge >= 0.3 is 0 Å². The van der Waals surface area contributed by atoms with Crippen molar-refractivity contribution >= 4 is 0 Å². The molecule has 0 spiro atoms. The highest BCUT2D eigenvalue weighted by atomic mass is 16.5. The van der Waals surface area contributed by atoms with Crippen molar-refractivity contribution < 1.29 is 4.74 Å². The van der Waals surface area contributed by atoms with E-state index in [4.69, 9.17) is 4.74 Å². The molecule has 0 fully saturated rings. The van der Waals surface area contributed by atoms with Gasteiger partial charge in [0, 0.05) is 5.56 Å². The highest BCUT2D eigenvalue weighted by Gasteiger charge is 2.08. The first-order chi connectivity index (χ1) is 10.3. The fraction of sp³-hybridized carbons (Fsp3) is 0.100. The van der Waals surface area contributed by atoms with Crippen LogP contribution in [0.1, 0.15) is 11.1 Å². The Morgan fingerprint density at radius 3 is 2.10 bits per heavy atom. The third-order valence-corrected chi connectivity index (χ3v) is 3.75. The topological polar surface area (TPSA) is 9.23 Å². The maximum absolute atomic E-state index is 6.18. The van der Waals surface area contributed by atoms with Crippen LogP contribution in [0.3, 0.4) is 0 Å². The molecule has 0 heterocycles. The van der Waals surface area contributed by atoms with Gasteiger partial charge in [0.05, 0.1) is 0 Å². The zero-order valence-corrected chi connectivity index (χ0v) is 12.3. The zero-order valence-electron chi connectivity index (χ0n) is 12.3. The summed E-state index contributed by atoms with van der Waals surface area (Å²) in [6.07, 6.45) is 0. The molecule has 104 valence electrons. The van der Waals surface area contributed by atoms with Gasteiger partial charge in [-0.25, -0.2) is 0 Å². The average molecular weight is 274 g/mol. The van der Waals surface area contributed by atoms with Gasteiger partial charge in [0.1, 0.15) is 11.5 Å². The van der Waals surface area contributed by atoms with Gasteiger partial charge in [-0.1, -0.05) is 60.7 Å². The first-order valence-electron chi connectivity index (χ1n) is 7.14. The predicted octanol–water partition coefficient (Wildman–Crippen LogP) is 5.76. The molecule has 3 aromatic rings. The van der Waals surface area contributed by atoms with Crippen molar-refractivity contribution in [3.8, 4) is 22.6 Å². The van der Waals surface area contributed by atoms with Gasteiger partial charge in [0.15, 0.2) is 0 Å². The minimum absolute atomic E-state index is 0.886. The number of aryl methyl sites for hydroxylation is 1. The minimum atomic E-state index is 0.886. The third kappa shape index (κ3) is 2.82. The van der Waals surface area contributed by atoms with Crippen LogP contribution in [0, 0.1) is 13.8 Å². The van der Waals surface area contributed by atoms with E-state index in [1.807, 2.05) is 48.5 Å². The molecular formula is C20H18O. The van der Waals surface area contributed by atoms with E-state index < -0.39 is 0 Å². The van der Waals surface area contributed by atoms with Crippen LogP contribution in [-0.2, 0) is 0 Å². The highest BCUT2D eigenvalue weighted by molar-refractivity contribution is 5.70. The van der Waals surface area contributed by atoms with Gasteiger partial charge in [0.2, 0.25) is 0 Å². The Bertz CT molecular complexity index is 745. The van der Waals surface area contributed by atoms with E-state index in [0.29, 0.717) is 0 Å². The molecule has 0 amide bonds. The first-order valence-corrected chi connectivity index (χ1v) is 7.14. The Morgan fingerprint density at radius 2 is 1.29 bits per heavy atom.